The molecule has 5 rings (SSSR count). The number of methoxy groups -OCH3 is 1. The van der Waals surface area contributed by atoms with Crippen LogP contribution in [0.15, 0.2) is 17.7 Å². The van der Waals surface area contributed by atoms with E-state index < -0.39 is 0 Å². The number of carbonyl (C=O) groups is 1. The first-order chi connectivity index (χ1) is 15.1. The van der Waals surface area contributed by atoms with Gasteiger partial charge in [-0.05, 0) is 23.8 Å². The molecule has 3 heterocycles. The van der Waals surface area contributed by atoms with Crippen molar-refractivity contribution in [2.75, 3.05) is 69.5 Å². The van der Waals surface area contributed by atoms with Crippen LogP contribution in [0.5, 0.6) is 5.75 Å². The smallest absolute Gasteiger partial charge is 0.189 e. The lowest BCUT2D eigenvalue weighted by molar-refractivity contribution is 0.104. The van der Waals surface area contributed by atoms with Gasteiger partial charge >= 0.3 is 0 Å². The number of anilines is 2. The summed E-state index contributed by atoms with van der Waals surface area (Å²) in [6.07, 6.45) is 2.48. The average Bonchev–Trinajstić information content (AvgIpc) is 3.33. The third-order valence-corrected chi connectivity index (χ3v) is 7.32. The Kier molecular flexibility index (Phi) is 5.88. The second-order valence-corrected chi connectivity index (χ2v) is 9.07. The Balaban J connectivity index is 1.43. The Bertz CT molecular complexity index is 1030. The number of nitrogens with zero attached hydrogens (tertiary/aromatic N) is 3. The Morgan fingerprint density at radius 1 is 1.10 bits per heavy atom. The number of morpholine rings is 2. The standard InChI is InChI=1S/C22H24ClN3O4S/c1-28-18-13-16-14(11-17(18)25-2-6-29-7-3-25)10-15(20(16)27)12-19-21(23)24-22(31-19)26-4-8-30-9-5-26/h11-13H,2-10H2,1H3. The first kappa shape index (κ1) is 20.8. The first-order valence-corrected chi connectivity index (χ1v) is 11.6. The summed E-state index contributed by atoms with van der Waals surface area (Å²) in [5.74, 6) is 0.750. The number of ketones is 1. The molecular formula is C22H24ClN3O4S. The molecule has 9 heteroatoms. The van der Waals surface area contributed by atoms with Crippen LogP contribution >= 0.6 is 22.9 Å². The maximum Gasteiger partial charge on any atom is 0.189 e. The number of halogens is 1. The molecule has 0 spiro atoms. The van der Waals surface area contributed by atoms with Crippen LogP contribution in [0.2, 0.25) is 5.15 Å². The quantitative estimate of drug-likeness (QED) is 0.647. The number of allylic oxidation sites excluding steroid dienone is 1. The molecule has 0 radical (unpaired) electrons. The van der Waals surface area contributed by atoms with Gasteiger partial charge < -0.3 is 24.0 Å². The molecule has 1 aromatic carbocycles. The average molecular weight is 462 g/mol. The largest absolute Gasteiger partial charge is 0.495 e. The van der Waals surface area contributed by atoms with Crippen LogP contribution < -0.4 is 14.5 Å². The summed E-state index contributed by atoms with van der Waals surface area (Å²) < 4.78 is 16.5. The minimum Gasteiger partial charge on any atom is -0.495 e. The predicted octanol–water partition coefficient (Wildman–Crippen LogP) is 3.30. The summed E-state index contributed by atoms with van der Waals surface area (Å²) in [6.45, 7) is 5.99. The molecule has 164 valence electrons. The topological polar surface area (TPSA) is 64.1 Å². The summed E-state index contributed by atoms with van der Waals surface area (Å²) in [6, 6.07) is 3.96. The summed E-state index contributed by atoms with van der Waals surface area (Å²) >= 11 is 7.94. The van der Waals surface area contributed by atoms with Crippen molar-refractivity contribution < 1.29 is 19.0 Å². The Labute approximate surface area is 190 Å². The number of carbonyl (C=O) groups excluding carboxylic acids is 1. The number of Topliss-reactive ketones (excluding diaryl/α,β-unsaturated/α-hetero) is 1. The molecule has 31 heavy (non-hydrogen) atoms. The van der Waals surface area contributed by atoms with E-state index in [0.29, 0.717) is 43.6 Å². The lowest BCUT2D eigenvalue weighted by atomic mass is 10.1. The number of thiazole rings is 1. The van der Waals surface area contributed by atoms with E-state index in [1.807, 2.05) is 12.1 Å². The van der Waals surface area contributed by atoms with Crippen LogP contribution in [0.4, 0.5) is 10.8 Å². The number of fused-ring (bicyclic) bond motifs is 1. The number of hydrogen-bond acceptors (Lipinski definition) is 8. The molecule has 2 fully saturated rings. The molecule has 7 nitrogen and oxygen atoms in total. The van der Waals surface area contributed by atoms with Crippen molar-refractivity contribution in [3.8, 4) is 5.75 Å². The predicted molar refractivity (Wildman–Crippen MR) is 122 cm³/mol. The Morgan fingerprint density at radius 3 is 2.45 bits per heavy atom. The van der Waals surface area contributed by atoms with Crippen LogP contribution in [0.1, 0.15) is 20.8 Å². The van der Waals surface area contributed by atoms with Gasteiger partial charge in [-0.3, -0.25) is 4.79 Å². The summed E-state index contributed by atoms with van der Waals surface area (Å²) in [4.78, 5) is 22.9. The zero-order valence-corrected chi connectivity index (χ0v) is 18.9. The van der Waals surface area contributed by atoms with Crippen LogP contribution in [0.25, 0.3) is 6.08 Å². The molecule has 0 N–H and O–H groups in total. The van der Waals surface area contributed by atoms with Crippen LogP contribution in [-0.4, -0.2) is 70.5 Å². The summed E-state index contributed by atoms with van der Waals surface area (Å²) in [5.41, 5.74) is 3.47. The van der Waals surface area contributed by atoms with Gasteiger partial charge in [0.25, 0.3) is 0 Å². The summed E-state index contributed by atoms with van der Waals surface area (Å²) in [5, 5.41) is 1.31. The lowest BCUT2D eigenvalue weighted by Gasteiger charge is -2.30. The highest BCUT2D eigenvalue weighted by molar-refractivity contribution is 7.17. The van der Waals surface area contributed by atoms with Gasteiger partial charge in [0.15, 0.2) is 10.9 Å². The first-order valence-electron chi connectivity index (χ1n) is 10.4. The van der Waals surface area contributed by atoms with Crippen molar-refractivity contribution in [1.29, 1.82) is 0 Å². The summed E-state index contributed by atoms with van der Waals surface area (Å²) in [7, 11) is 1.64. The fraction of sp³-hybridized carbons (Fsp3) is 0.455. The van der Waals surface area contributed by atoms with Gasteiger partial charge in [0, 0.05) is 43.7 Å². The Morgan fingerprint density at radius 2 is 1.77 bits per heavy atom. The second-order valence-electron chi connectivity index (χ2n) is 7.71. The van der Waals surface area contributed by atoms with Gasteiger partial charge in [0.1, 0.15) is 10.9 Å². The minimum atomic E-state index is 0.0271. The molecule has 0 amide bonds. The van der Waals surface area contributed by atoms with Crippen molar-refractivity contribution in [1.82, 2.24) is 4.98 Å². The molecule has 1 aliphatic carbocycles. The third-order valence-electron chi connectivity index (χ3n) is 5.86. The molecular weight excluding hydrogens is 438 g/mol. The van der Waals surface area contributed by atoms with Gasteiger partial charge in [0.2, 0.25) is 0 Å². The molecule has 3 aliphatic rings. The van der Waals surface area contributed by atoms with E-state index in [1.165, 1.54) is 11.3 Å². The maximum absolute atomic E-state index is 13.1. The van der Waals surface area contributed by atoms with Crippen molar-refractivity contribution in [3.63, 3.8) is 0 Å². The molecule has 2 saturated heterocycles. The number of rotatable bonds is 4. The monoisotopic (exact) mass is 461 g/mol. The van der Waals surface area contributed by atoms with E-state index in [2.05, 4.69) is 20.9 Å². The van der Waals surface area contributed by atoms with E-state index >= 15 is 0 Å². The van der Waals surface area contributed by atoms with Gasteiger partial charge in [-0.15, -0.1) is 0 Å². The van der Waals surface area contributed by atoms with Crippen molar-refractivity contribution in [3.05, 3.63) is 38.9 Å². The van der Waals surface area contributed by atoms with Crippen LogP contribution in [0, 0.1) is 0 Å². The normalized spacial score (nSPS) is 20.5. The van der Waals surface area contributed by atoms with Crippen molar-refractivity contribution in [2.24, 2.45) is 0 Å². The van der Waals surface area contributed by atoms with E-state index in [9.17, 15) is 4.79 Å². The molecule has 0 bridgehead atoms. The van der Waals surface area contributed by atoms with Crippen molar-refractivity contribution >= 4 is 45.6 Å². The zero-order valence-electron chi connectivity index (χ0n) is 17.4. The Hall–Kier alpha value is -2.13. The zero-order chi connectivity index (χ0) is 21.4. The van der Waals surface area contributed by atoms with Crippen molar-refractivity contribution in [2.45, 2.75) is 6.42 Å². The lowest BCUT2D eigenvalue weighted by Crippen LogP contribution is -2.36. The van der Waals surface area contributed by atoms with E-state index in [1.54, 1.807) is 7.11 Å². The van der Waals surface area contributed by atoms with Gasteiger partial charge in [-0.25, -0.2) is 4.98 Å². The number of ether oxygens (including phenoxy) is 3. The number of hydrogen-bond donors (Lipinski definition) is 0. The van der Waals surface area contributed by atoms with Gasteiger partial charge in [-0.2, -0.15) is 0 Å². The van der Waals surface area contributed by atoms with Crippen LogP contribution in [-0.2, 0) is 15.9 Å². The highest BCUT2D eigenvalue weighted by atomic mass is 35.5. The number of aromatic nitrogens is 1. The SMILES string of the molecule is COc1cc2c(cc1N1CCOCC1)CC(=Cc1sc(N3CCOCC3)nc1Cl)C2=O. The fourth-order valence-electron chi connectivity index (χ4n) is 4.20. The second kappa shape index (κ2) is 8.78. The highest BCUT2D eigenvalue weighted by Gasteiger charge is 2.29. The van der Waals surface area contributed by atoms with E-state index in [0.717, 1.165) is 58.8 Å². The molecule has 0 unspecified atom stereocenters. The van der Waals surface area contributed by atoms with E-state index in [-0.39, 0.29) is 5.78 Å². The van der Waals surface area contributed by atoms with Crippen LogP contribution in [0.3, 0.4) is 0 Å². The molecule has 2 aromatic rings. The molecule has 0 saturated carbocycles. The third kappa shape index (κ3) is 4.05. The number of benzene rings is 1. The molecule has 0 atom stereocenters. The van der Waals surface area contributed by atoms with Gasteiger partial charge in [-0.1, -0.05) is 22.9 Å². The fourth-order valence-corrected chi connectivity index (χ4v) is 5.48. The minimum absolute atomic E-state index is 0.0271. The van der Waals surface area contributed by atoms with Gasteiger partial charge in [0.05, 0.1) is 44.1 Å². The maximum atomic E-state index is 13.1. The molecule has 1 aromatic heterocycles. The molecule has 2 aliphatic heterocycles. The highest BCUT2D eigenvalue weighted by Crippen LogP contribution is 2.39. The van der Waals surface area contributed by atoms with E-state index in [4.69, 9.17) is 25.8 Å².